The molecular weight excluding hydrogens is 286 g/mol. The summed E-state index contributed by atoms with van der Waals surface area (Å²) in [5, 5.41) is 8.80. The average molecular weight is 305 g/mol. The number of nitrogens with one attached hydrogen (secondary N) is 2. The SMILES string of the molecule is Cc1cc(-c2csc(NC(=O)CC3CCCN3)n2)c(C)o1. The van der Waals surface area contributed by atoms with Crippen LogP contribution in [-0.2, 0) is 4.79 Å². The van der Waals surface area contributed by atoms with E-state index in [1.165, 1.54) is 11.3 Å². The van der Waals surface area contributed by atoms with Gasteiger partial charge in [0, 0.05) is 23.4 Å². The fourth-order valence-corrected chi connectivity index (χ4v) is 3.39. The normalized spacial score (nSPS) is 18.1. The molecule has 0 aliphatic carbocycles. The van der Waals surface area contributed by atoms with Crippen LogP contribution in [0.15, 0.2) is 15.9 Å². The van der Waals surface area contributed by atoms with Crippen molar-refractivity contribution in [2.75, 3.05) is 11.9 Å². The number of furan rings is 1. The molecule has 3 rings (SSSR count). The summed E-state index contributed by atoms with van der Waals surface area (Å²) in [7, 11) is 0. The van der Waals surface area contributed by atoms with Crippen LogP contribution in [0.25, 0.3) is 11.3 Å². The van der Waals surface area contributed by atoms with Crippen molar-refractivity contribution in [3.63, 3.8) is 0 Å². The van der Waals surface area contributed by atoms with E-state index in [1.807, 2.05) is 25.3 Å². The van der Waals surface area contributed by atoms with E-state index >= 15 is 0 Å². The number of aryl methyl sites for hydroxylation is 2. The number of carbonyl (C=O) groups is 1. The lowest BCUT2D eigenvalue weighted by Gasteiger charge is -2.08. The number of thiazole rings is 1. The fourth-order valence-electron chi connectivity index (χ4n) is 2.67. The molecule has 1 fully saturated rings. The fraction of sp³-hybridized carbons (Fsp3) is 0.467. The van der Waals surface area contributed by atoms with Gasteiger partial charge in [0.05, 0.1) is 5.69 Å². The number of rotatable bonds is 4. The summed E-state index contributed by atoms with van der Waals surface area (Å²) in [6.07, 6.45) is 2.74. The summed E-state index contributed by atoms with van der Waals surface area (Å²) in [4.78, 5) is 16.5. The highest BCUT2D eigenvalue weighted by Gasteiger charge is 2.18. The van der Waals surface area contributed by atoms with Crippen LogP contribution in [0.2, 0.25) is 0 Å². The minimum atomic E-state index is 0.0235. The summed E-state index contributed by atoms with van der Waals surface area (Å²) in [6, 6.07) is 2.28. The van der Waals surface area contributed by atoms with E-state index in [2.05, 4.69) is 15.6 Å². The van der Waals surface area contributed by atoms with E-state index in [0.29, 0.717) is 17.6 Å². The van der Waals surface area contributed by atoms with Crippen molar-refractivity contribution in [1.82, 2.24) is 10.3 Å². The van der Waals surface area contributed by atoms with Crippen LogP contribution in [0, 0.1) is 13.8 Å². The largest absolute Gasteiger partial charge is 0.466 e. The Morgan fingerprint density at radius 3 is 3.10 bits per heavy atom. The quantitative estimate of drug-likeness (QED) is 0.911. The summed E-state index contributed by atoms with van der Waals surface area (Å²) in [6.45, 7) is 4.85. The van der Waals surface area contributed by atoms with E-state index in [-0.39, 0.29) is 5.91 Å². The molecule has 6 heteroatoms. The minimum Gasteiger partial charge on any atom is -0.466 e. The van der Waals surface area contributed by atoms with Crippen LogP contribution in [0.3, 0.4) is 0 Å². The molecular formula is C15H19N3O2S. The van der Waals surface area contributed by atoms with Gasteiger partial charge in [-0.3, -0.25) is 4.79 Å². The van der Waals surface area contributed by atoms with Gasteiger partial charge in [0.15, 0.2) is 5.13 Å². The first-order valence-corrected chi connectivity index (χ1v) is 8.06. The molecule has 3 heterocycles. The summed E-state index contributed by atoms with van der Waals surface area (Å²) in [5.41, 5.74) is 1.84. The first-order chi connectivity index (χ1) is 10.1. The second-order valence-electron chi connectivity index (χ2n) is 5.41. The highest BCUT2D eigenvalue weighted by molar-refractivity contribution is 7.14. The molecule has 1 unspecified atom stereocenters. The first kappa shape index (κ1) is 14.3. The highest BCUT2D eigenvalue weighted by Crippen LogP contribution is 2.29. The lowest BCUT2D eigenvalue weighted by Crippen LogP contribution is -2.27. The second-order valence-corrected chi connectivity index (χ2v) is 6.27. The lowest BCUT2D eigenvalue weighted by atomic mass is 10.1. The van der Waals surface area contributed by atoms with Crippen molar-refractivity contribution in [3.8, 4) is 11.3 Å². The van der Waals surface area contributed by atoms with E-state index in [1.54, 1.807) is 0 Å². The van der Waals surface area contributed by atoms with Crippen molar-refractivity contribution in [2.45, 2.75) is 39.2 Å². The molecule has 1 atom stereocenters. The van der Waals surface area contributed by atoms with Gasteiger partial charge in [0.1, 0.15) is 11.5 Å². The Kier molecular flexibility index (Phi) is 4.07. The number of anilines is 1. The minimum absolute atomic E-state index is 0.0235. The molecule has 5 nitrogen and oxygen atoms in total. The van der Waals surface area contributed by atoms with Crippen LogP contribution in [0.5, 0.6) is 0 Å². The molecule has 1 saturated heterocycles. The standard InChI is InChI=1S/C15H19N3O2S/c1-9-6-12(10(2)20-9)13-8-21-15(17-13)18-14(19)7-11-4-3-5-16-11/h6,8,11,16H,3-5,7H2,1-2H3,(H,17,18,19). The van der Waals surface area contributed by atoms with Gasteiger partial charge in [0.25, 0.3) is 0 Å². The number of hydrogen-bond donors (Lipinski definition) is 2. The van der Waals surface area contributed by atoms with Crippen LogP contribution in [0.4, 0.5) is 5.13 Å². The van der Waals surface area contributed by atoms with Gasteiger partial charge < -0.3 is 15.1 Å². The van der Waals surface area contributed by atoms with E-state index in [0.717, 1.165) is 42.2 Å². The molecule has 2 aromatic heterocycles. The molecule has 0 bridgehead atoms. The predicted octanol–water partition coefficient (Wildman–Crippen LogP) is 3.10. The van der Waals surface area contributed by atoms with E-state index in [9.17, 15) is 4.79 Å². The zero-order valence-electron chi connectivity index (χ0n) is 12.2. The number of hydrogen-bond acceptors (Lipinski definition) is 5. The molecule has 0 radical (unpaired) electrons. The smallest absolute Gasteiger partial charge is 0.227 e. The Balaban J connectivity index is 1.64. The zero-order chi connectivity index (χ0) is 14.8. The van der Waals surface area contributed by atoms with Gasteiger partial charge in [-0.1, -0.05) is 0 Å². The highest BCUT2D eigenvalue weighted by atomic mass is 32.1. The second kappa shape index (κ2) is 5.99. The molecule has 1 amide bonds. The Morgan fingerprint density at radius 1 is 1.57 bits per heavy atom. The molecule has 2 N–H and O–H groups in total. The molecule has 112 valence electrons. The third kappa shape index (κ3) is 3.33. The van der Waals surface area contributed by atoms with Crippen molar-refractivity contribution in [1.29, 1.82) is 0 Å². The monoisotopic (exact) mass is 305 g/mol. The number of carbonyl (C=O) groups excluding carboxylic acids is 1. The molecule has 1 aliphatic rings. The van der Waals surface area contributed by atoms with Gasteiger partial charge in [-0.2, -0.15) is 0 Å². The third-order valence-corrected chi connectivity index (χ3v) is 4.42. The topological polar surface area (TPSA) is 67.2 Å². The Labute approximate surface area is 127 Å². The predicted molar refractivity (Wildman–Crippen MR) is 83.6 cm³/mol. The average Bonchev–Trinajstić information content (AvgIpc) is 3.12. The van der Waals surface area contributed by atoms with Crippen molar-refractivity contribution in [3.05, 3.63) is 23.0 Å². The summed E-state index contributed by atoms with van der Waals surface area (Å²) < 4.78 is 5.52. The van der Waals surface area contributed by atoms with Crippen molar-refractivity contribution >= 4 is 22.4 Å². The maximum absolute atomic E-state index is 12.0. The van der Waals surface area contributed by atoms with Crippen LogP contribution >= 0.6 is 11.3 Å². The molecule has 0 saturated carbocycles. The summed E-state index contributed by atoms with van der Waals surface area (Å²) in [5.74, 6) is 1.75. The lowest BCUT2D eigenvalue weighted by molar-refractivity contribution is -0.116. The first-order valence-electron chi connectivity index (χ1n) is 7.18. The van der Waals surface area contributed by atoms with Crippen molar-refractivity contribution < 1.29 is 9.21 Å². The molecule has 0 aromatic carbocycles. The van der Waals surface area contributed by atoms with Gasteiger partial charge in [-0.15, -0.1) is 11.3 Å². The zero-order valence-corrected chi connectivity index (χ0v) is 13.0. The van der Waals surface area contributed by atoms with Gasteiger partial charge in [-0.05, 0) is 39.3 Å². The number of aromatic nitrogens is 1. The van der Waals surface area contributed by atoms with Gasteiger partial charge in [0.2, 0.25) is 5.91 Å². The Hall–Kier alpha value is -1.66. The van der Waals surface area contributed by atoms with Crippen molar-refractivity contribution in [2.24, 2.45) is 0 Å². The Morgan fingerprint density at radius 2 is 2.43 bits per heavy atom. The molecule has 2 aromatic rings. The number of amides is 1. The van der Waals surface area contributed by atoms with Crippen LogP contribution in [0.1, 0.15) is 30.8 Å². The van der Waals surface area contributed by atoms with E-state index in [4.69, 9.17) is 4.42 Å². The molecule has 21 heavy (non-hydrogen) atoms. The maximum atomic E-state index is 12.0. The van der Waals surface area contributed by atoms with Crippen LogP contribution in [-0.4, -0.2) is 23.5 Å². The number of nitrogens with zero attached hydrogens (tertiary/aromatic N) is 1. The van der Waals surface area contributed by atoms with E-state index < -0.39 is 0 Å². The maximum Gasteiger partial charge on any atom is 0.227 e. The third-order valence-electron chi connectivity index (χ3n) is 3.66. The summed E-state index contributed by atoms with van der Waals surface area (Å²) >= 11 is 1.44. The molecule has 0 spiro atoms. The molecule has 1 aliphatic heterocycles. The van der Waals surface area contributed by atoms with Gasteiger partial charge >= 0.3 is 0 Å². The van der Waals surface area contributed by atoms with Gasteiger partial charge in [-0.25, -0.2) is 4.98 Å². The Bertz CT molecular complexity index is 641. The van der Waals surface area contributed by atoms with Crippen LogP contribution < -0.4 is 10.6 Å².